The van der Waals surface area contributed by atoms with Crippen LogP contribution in [-0.4, -0.2) is 71.2 Å². The second-order valence-corrected chi connectivity index (χ2v) is 7.64. The summed E-state index contributed by atoms with van der Waals surface area (Å²) in [4.78, 5) is 43.4. The van der Waals surface area contributed by atoms with Gasteiger partial charge in [0.2, 0.25) is 5.91 Å². The molecular weight excluding hydrogens is 378 g/mol. The van der Waals surface area contributed by atoms with Gasteiger partial charge in [0.05, 0.1) is 11.1 Å². The molecule has 2 aliphatic heterocycles. The van der Waals surface area contributed by atoms with E-state index >= 15 is 0 Å². The van der Waals surface area contributed by atoms with Gasteiger partial charge < -0.3 is 4.90 Å². The minimum absolute atomic E-state index is 0.177. The van der Waals surface area contributed by atoms with E-state index < -0.39 is 6.04 Å². The summed E-state index contributed by atoms with van der Waals surface area (Å²) in [6.07, 6.45) is 4.23. The Balaban J connectivity index is 1.32. The number of hydrogen-bond acceptors (Lipinski definition) is 4. The molecule has 0 spiro atoms. The number of imide groups is 1. The lowest BCUT2D eigenvalue weighted by atomic mass is 10.1. The quantitative estimate of drug-likeness (QED) is 0.720. The molecule has 6 nitrogen and oxygen atoms in total. The molecule has 154 valence electrons. The van der Waals surface area contributed by atoms with Crippen molar-refractivity contribution in [1.82, 2.24) is 14.7 Å². The van der Waals surface area contributed by atoms with Crippen LogP contribution in [0, 0.1) is 0 Å². The molecule has 30 heavy (non-hydrogen) atoms. The van der Waals surface area contributed by atoms with Crippen LogP contribution >= 0.6 is 0 Å². The van der Waals surface area contributed by atoms with Crippen molar-refractivity contribution in [3.05, 3.63) is 77.4 Å². The van der Waals surface area contributed by atoms with E-state index in [0.29, 0.717) is 24.2 Å². The molecule has 2 aromatic rings. The molecule has 0 radical (unpaired) electrons. The van der Waals surface area contributed by atoms with Gasteiger partial charge in [0.1, 0.15) is 6.04 Å². The molecule has 0 unspecified atom stereocenters. The van der Waals surface area contributed by atoms with Gasteiger partial charge >= 0.3 is 0 Å². The number of piperazine rings is 1. The number of carbonyl (C=O) groups excluding carboxylic acids is 3. The van der Waals surface area contributed by atoms with Crippen LogP contribution in [0.5, 0.6) is 0 Å². The maximum atomic E-state index is 13.0. The van der Waals surface area contributed by atoms with Crippen molar-refractivity contribution < 1.29 is 14.4 Å². The van der Waals surface area contributed by atoms with Crippen molar-refractivity contribution in [2.75, 3.05) is 32.7 Å². The van der Waals surface area contributed by atoms with Crippen molar-refractivity contribution in [2.24, 2.45) is 0 Å². The van der Waals surface area contributed by atoms with Crippen molar-refractivity contribution >= 4 is 23.8 Å². The molecule has 2 heterocycles. The highest BCUT2D eigenvalue weighted by Crippen LogP contribution is 2.25. The van der Waals surface area contributed by atoms with Gasteiger partial charge in [-0.1, -0.05) is 54.6 Å². The van der Waals surface area contributed by atoms with E-state index in [1.807, 2.05) is 18.2 Å². The Morgan fingerprint density at radius 2 is 1.47 bits per heavy atom. The number of hydrogen-bond donors (Lipinski definition) is 0. The van der Waals surface area contributed by atoms with Crippen LogP contribution in [-0.2, 0) is 4.79 Å². The van der Waals surface area contributed by atoms with Gasteiger partial charge in [-0.25, -0.2) is 0 Å². The fourth-order valence-electron chi connectivity index (χ4n) is 3.99. The van der Waals surface area contributed by atoms with Crippen LogP contribution < -0.4 is 0 Å². The molecule has 0 saturated carbocycles. The van der Waals surface area contributed by atoms with Gasteiger partial charge in [-0.3, -0.25) is 24.2 Å². The Morgan fingerprint density at radius 1 is 0.900 bits per heavy atom. The molecule has 0 bridgehead atoms. The summed E-state index contributed by atoms with van der Waals surface area (Å²) in [6.45, 7) is 5.17. The zero-order chi connectivity index (χ0) is 21.1. The largest absolute Gasteiger partial charge is 0.338 e. The molecule has 6 heteroatoms. The molecule has 3 amide bonds. The average molecular weight is 403 g/mol. The third-order valence-electron chi connectivity index (χ3n) is 5.73. The highest BCUT2D eigenvalue weighted by Gasteiger charge is 2.41. The SMILES string of the molecule is C[C@H](C(=O)N1CCN(C/C=C/c2ccccc2)CC1)N1C(=O)c2ccccc2C1=O. The zero-order valence-electron chi connectivity index (χ0n) is 17.0. The topological polar surface area (TPSA) is 60.9 Å². The Hall–Kier alpha value is -3.25. The number of benzene rings is 2. The van der Waals surface area contributed by atoms with E-state index in [1.54, 1.807) is 36.1 Å². The van der Waals surface area contributed by atoms with Crippen LogP contribution in [0.3, 0.4) is 0 Å². The van der Waals surface area contributed by atoms with E-state index in [4.69, 9.17) is 0 Å². The van der Waals surface area contributed by atoms with Gasteiger partial charge in [0.15, 0.2) is 0 Å². The molecule has 0 aromatic heterocycles. The molecular formula is C24H25N3O3. The van der Waals surface area contributed by atoms with Crippen molar-refractivity contribution in [3.8, 4) is 0 Å². The summed E-state index contributed by atoms with van der Waals surface area (Å²) in [6, 6.07) is 16.1. The minimum Gasteiger partial charge on any atom is -0.338 e. The van der Waals surface area contributed by atoms with E-state index in [-0.39, 0.29) is 17.7 Å². The average Bonchev–Trinajstić information content (AvgIpc) is 3.04. The summed E-state index contributed by atoms with van der Waals surface area (Å²) in [5.41, 5.74) is 1.91. The van der Waals surface area contributed by atoms with Crippen molar-refractivity contribution in [3.63, 3.8) is 0 Å². The summed E-state index contributed by atoms with van der Waals surface area (Å²) < 4.78 is 0. The molecule has 2 aliphatic rings. The van der Waals surface area contributed by atoms with Gasteiger partial charge in [-0.15, -0.1) is 0 Å². The Labute approximate surface area is 176 Å². The first kappa shape index (κ1) is 20.0. The minimum atomic E-state index is -0.804. The highest BCUT2D eigenvalue weighted by molar-refractivity contribution is 6.22. The number of rotatable bonds is 5. The second-order valence-electron chi connectivity index (χ2n) is 7.64. The maximum Gasteiger partial charge on any atom is 0.262 e. The van der Waals surface area contributed by atoms with Crippen LogP contribution in [0.15, 0.2) is 60.7 Å². The fraction of sp³-hybridized carbons (Fsp3) is 0.292. The molecule has 0 aliphatic carbocycles. The molecule has 2 aromatic carbocycles. The normalized spacial score (nSPS) is 18.2. The first-order valence-electron chi connectivity index (χ1n) is 10.3. The molecule has 1 saturated heterocycles. The van der Waals surface area contributed by atoms with Crippen LogP contribution in [0.2, 0.25) is 0 Å². The highest BCUT2D eigenvalue weighted by atomic mass is 16.2. The molecule has 0 N–H and O–H groups in total. The van der Waals surface area contributed by atoms with E-state index in [1.165, 1.54) is 5.56 Å². The van der Waals surface area contributed by atoms with Crippen molar-refractivity contribution in [2.45, 2.75) is 13.0 Å². The maximum absolute atomic E-state index is 13.0. The smallest absolute Gasteiger partial charge is 0.262 e. The van der Waals surface area contributed by atoms with Gasteiger partial charge in [-0.2, -0.15) is 0 Å². The molecule has 1 atom stereocenters. The lowest BCUT2D eigenvalue weighted by Crippen LogP contribution is -2.55. The number of fused-ring (bicyclic) bond motifs is 1. The third-order valence-corrected chi connectivity index (χ3v) is 5.73. The van der Waals surface area contributed by atoms with Crippen LogP contribution in [0.25, 0.3) is 6.08 Å². The predicted molar refractivity (Wildman–Crippen MR) is 115 cm³/mol. The monoisotopic (exact) mass is 403 g/mol. The van der Waals surface area contributed by atoms with E-state index in [9.17, 15) is 14.4 Å². The van der Waals surface area contributed by atoms with Gasteiger partial charge in [-0.05, 0) is 24.6 Å². The first-order valence-corrected chi connectivity index (χ1v) is 10.3. The van der Waals surface area contributed by atoms with Crippen LogP contribution in [0.4, 0.5) is 0 Å². The molecule has 1 fully saturated rings. The fourth-order valence-corrected chi connectivity index (χ4v) is 3.99. The second kappa shape index (κ2) is 8.63. The predicted octanol–water partition coefficient (Wildman–Crippen LogP) is 2.53. The number of amides is 3. The van der Waals surface area contributed by atoms with E-state index in [2.05, 4.69) is 29.2 Å². The lowest BCUT2D eigenvalue weighted by molar-refractivity contribution is -0.136. The van der Waals surface area contributed by atoms with Gasteiger partial charge in [0.25, 0.3) is 11.8 Å². The number of carbonyl (C=O) groups is 3. The lowest BCUT2D eigenvalue weighted by Gasteiger charge is -2.36. The van der Waals surface area contributed by atoms with E-state index in [0.717, 1.165) is 24.5 Å². The summed E-state index contributed by atoms with van der Waals surface area (Å²) in [5, 5.41) is 0. The standard InChI is InChI=1S/C24H25N3O3/c1-18(27-23(29)20-11-5-6-12-21(20)24(27)30)22(28)26-16-14-25(15-17-26)13-7-10-19-8-3-2-4-9-19/h2-12,18H,13-17H2,1H3/b10-7+/t18-/m1/s1. The van der Waals surface area contributed by atoms with Gasteiger partial charge in [0, 0.05) is 32.7 Å². The first-order chi connectivity index (χ1) is 14.6. The van der Waals surface area contributed by atoms with Crippen molar-refractivity contribution in [1.29, 1.82) is 0 Å². The Bertz CT molecular complexity index is 943. The van der Waals surface area contributed by atoms with Crippen LogP contribution in [0.1, 0.15) is 33.2 Å². The Kier molecular flexibility index (Phi) is 5.77. The Morgan fingerprint density at radius 3 is 2.07 bits per heavy atom. The zero-order valence-corrected chi connectivity index (χ0v) is 17.0. The number of nitrogens with zero attached hydrogens (tertiary/aromatic N) is 3. The summed E-state index contributed by atoms with van der Waals surface area (Å²) in [5.74, 6) is -0.953. The summed E-state index contributed by atoms with van der Waals surface area (Å²) >= 11 is 0. The summed E-state index contributed by atoms with van der Waals surface area (Å²) in [7, 11) is 0. The third kappa shape index (κ3) is 3.91. The molecule has 4 rings (SSSR count).